The molecule has 2 aromatic rings. The molecule has 19 heavy (non-hydrogen) atoms. The van der Waals surface area contributed by atoms with E-state index in [9.17, 15) is 13.2 Å². The van der Waals surface area contributed by atoms with Crippen molar-refractivity contribution in [2.24, 2.45) is 0 Å². The van der Waals surface area contributed by atoms with E-state index in [0.717, 1.165) is 12.3 Å². The van der Waals surface area contributed by atoms with Crippen LogP contribution in [0.2, 0.25) is 5.02 Å². The number of aromatic carboxylic acids is 1. The van der Waals surface area contributed by atoms with Crippen molar-refractivity contribution in [1.29, 1.82) is 0 Å². The Morgan fingerprint density at radius 2 is 1.89 bits per heavy atom. The van der Waals surface area contributed by atoms with Crippen LogP contribution in [-0.2, 0) is 10.0 Å². The molecule has 6 nitrogen and oxygen atoms in total. The zero-order valence-electron chi connectivity index (χ0n) is 9.42. The largest absolute Gasteiger partial charge is 0.477 e. The van der Waals surface area contributed by atoms with Crippen LogP contribution in [0.1, 0.15) is 10.5 Å². The fraction of sp³-hybridized carbons (Fsp3) is 0. The van der Waals surface area contributed by atoms with E-state index < -0.39 is 16.0 Å². The molecular weight excluding hydrogens is 292 g/mol. The Balaban J connectivity index is 2.26. The van der Waals surface area contributed by atoms with Crippen molar-refractivity contribution in [2.45, 2.75) is 4.90 Å². The van der Waals surface area contributed by atoms with Crippen molar-refractivity contribution < 1.29 is 18.3 Å². The molecule has 0 fully saturated rings. The third kappa shape index (κ3) is 3.07. The van der Waals surface area contributed by atoms with Crippen LogP contribution in [0.5, 0.6) is 0 Å². The summed E-state index contributed by atoms with van der Waals surface area (Å²) in [6.07, 6.45) is 1.11. The van der Waals surface area contributed by atoms with Gasteiger partial charge in [0.1, 0.15) is 10.6 Å². The molecule has 0 aliphatic carbocycles. The molecule has 0 saturated heterocycles. The quantitative estimate of drug-likeness (QED) is 0.805. The summed E-state index contributed by atoms with van der Waals surface area (Å²) < 4.78 is 26.2. The minimum absolute atomic E-state index is 0.153. The van der Waals surface area contributed by atoms with Gasteiger partial charge < -0.3 is 10.1 Å². The standard InChI is InChI=1S/C11H9ClN2O4S/c12-7-1-3-8(4-2-7)14-19(17,18)9-5-10(11(15)16)13-6-9/h1-6,13-14H,(H,15,16). The van der Waals surface area contributed by atoms with Crippen LogP contribution in [0.15, 0.2) is 41.4 Å². The van der Waals surface area contributed by atoms with E-state index in [2.05, 4.69) is 9.71 Å². The number of rotatable bonds is 4. The molecule has 0 aliphatic heterocycles. The van der Waals surface area contributed by atoms with E-state index in [4.69, 9.17) is 16.7 Å². The fourth-order valence-corrected chi connectivity index (χ4v) is 2.56. The maximum atomic E-state index is 12.0. The first-order chi connectivity index (χ1) is 8.88. The number of aromatic nitrogens is 1. The lowest BCUT2D eigenvalue weighted by atomic mass is 10.3. The van der Waals surface area contributed by atoms with Crippen LogP contribution >= 0.6 is 11.6 Å². The zero-order chi connectivity index (χ0) is 14.0. The second-order valence-corrected chi connectivity index (χ2v) is 5.79. The van der Waals surface area contributed by atoms with Gasteiger partial charge in [-0.05, 0) is 30.3 Å². The Morgan fingerprint density at radius 3 is 2.42 bits per heavy atom. The molecule has 0 atom stereocenters. The highest BCUT2D eigenvalue weighted by Crippen LogP contribution is 2.18. The maximum Gasteiger partial charge on any atom is 0.352 e. The van der Waals surface area contributed by atoms with Gasteiger partial charge in [0, 0.05) is 16.9 Å². The topological polar surface area (TPSA) is 99.3 Å². The Morgan fingerprint density at radius 1 is 1.26 bits per heavy atom. The van der Waals surface area contributed by atoms with E-state index in [1.54, 1.807) is 12.1 Å². The van der Waals surface area contributed by atoms with Crippen LogP contribution < -0.4 is 4.72 Å². The second kappa shape index (κ2) is 4.94. The van der Waals surface area contributed by atoms with Crippen molar-refractivity contribution in [3.05, 3.63) is 47.2 Å². The summed E-state index contributed by atoms with van der Waals surface area (Å²) in [5.41, 5.74) is 0.138. The first-order valence-electron chi connectivity index (χ1n) is 5.08. The molecule has 0 unspecified atom stereocenters. The monoisotopic (exact) mass is 300 g/mol. The predicted octanol–water partition coefficient (Wildman–Crippen LogP) is 2.17. The number of sulfonamides is 1. The number of hydrogen-bond donors (Lipinski definition) is 3. The molecule has 0 aliphatic rings. The molecule has 0 amide bonds. The summed E-state index contributed by atoms with van der Waals surface area (Å²) in [4.78, 5) is 12.9. The van der Waals surface area contributed by atoms with Crippen LogP contribution in [0, 0.1) is 0 Å². The van der Waals surface area contributed by atoms with E-state index in [1.807, 2.05) is 0 Å². The number of carbonyl (C=O) groups is 1. The molecule has 1 aromatic carbocycles. The smallest absolute Gasteiger partial charge is 0.352 e. The maximum absolute atomic E-state index is 12.0. The zero-order valence-corrected chi connectivity index (χ0v) is 11.0. The number of halogens is 1. The van der Waals surface area contributed by atoms with Crippen molar-refractivity contribution in [3.8, 4) is 0 Å². The van der Waals surface area contributed by atoms with Gasteiger partial charge in [0.2, 0.25) is 0 Å². The lowest BCUT2D eigenvalue weighted by Gasteiger charge is -2.05. The van der Waals surface area contributed by atoms with E-state index >= 15 is 0 Å². The van der Waals surface area contributed by atoms with Gasteiger partial charge in [0.25, 0.3) is 10.0 Å². The van der Waals surface area contributed by atoms with Gasteiger partial charge in [-0.3, -0.25) is 4.72 Å². The molecule has 1 heterocycles. The van der Waals surface area contributed by atoms with Gasteiger partial charge in [-0.15, -0.1) is 0 Å². The number of carboxylic acid groups (broad SMARTS) is 1. The first kappa shape index (κ1) is 13.4. The lowest BCUT2D eigenvalue weighted by Crippen LogP contribution is -2.12. The molecular formula is C11H9ClN2O4S. The Hall–Kier alpha value is -1.99. The summed E-state index contributed by atoms with van der Waals surface area (Å²) >= 11 is 5.69. The summed E-state index contributed by atoms with van der Waals surface area (Å²) in [6.45, 7) is 0. The first-order valence-corrected chi connectivity index (χ1v) is 6.95. The third-order valence-corrected chi connectivity index (χ3v) is 3.91. The highest BCUT2D eigenvalue weighted by atomic mass is 35.5. The summed E-state index contributed by atoms with van der Waals surface area (Å²) in [5.74, 6) is -1.23. The lowest BCUT2D eigenvalue weighted by molar-refractivity contribution is 0.0691. The predicted molar refractivity (Wildman–Crippen MR) is 70.0 cm³/mol. The van der Waals surface area contributed by atoms with E-state index in [-0.39, 0.29) is 10.6 Å². The van der Waals surface area contributed by atoms with E-state index in [1.165, 1.54) is 12.1 Å². The molecule has 0 saturated carbocycles. The highest BCUT2D eigenvalue weighted by molar-refractivity contribution is 7.92. The average Bonchev–Trinajstić information content (AvgIpc) is 2.82. The molecule has 100 valence electrons. The van der Waals surface area contributed by atoms with Crippen molar-refractivity contribution in [1.82, 2.24) is 4.98 Å². The van der Waals surface area contributed by atoms with Crippen molar-refractivity contribution in [2.75, 3.05) is 4.72 Å². The van der Waals surface area contributed by atoms with Crippen molar-refractivity contribution in [3.63, 3.8) is 0 Å². The number of hydrogen-bond acceptors (Lipinski definition) is 3. The molecule has 0 radical (unpaired) electrons. The minimum Gasteiger partial charge on any atom is -0.477 e. The number of benzene rings is 1. The summed E-state index contributed by atoms with van der Waals surface area (Å²) in [6, 6.07) is 7.13. The Kier molecular flexibility index (Phi) is 3.50. The SMILES string of the molecule is O=C(O)c1cc(S(=O)(=O)Nc2ccc(Cl)cc2)c[nH]1. The number of carboxylic acids is 1. The molecule has 0 spiro atoms. The van der Waals surface area contributed by atoms with Gasteiger partial charge in [-0.1, -0.05) is 11.6 Å². The molecule has 8 heteroatoms. The molecule has 0 bridgehead atoms. The normalized spacial score (nSPS) is 11.2. The number of anilines is 1. The average molecular weight is 301 g/mol. The third-order valence-electron chi connectivity index (χ3n) is 2.29. The second-order valence-electron chi connectivity index (χ2n) is 3.67. The highest BCUT2D eigenvalue weighted by Gasteiger charge is 2.18. The van der Waals surface area contributed by atoms with E-state index in [0.29, 0.717) is 10.7 Å². The van der Waals surface area contributed by atoms with Gasteiger partial charge in [-0.25, -0.2) is 13.2 Å². The van der Waals surface area contributed by atoms with Gasteiger partial charge in [0.15, 0.2) is 0 Å². The Labute approximate surface area is 114 Å². The van der Waals surface area contributed by atoms with Gasteiger partial charge in [-0.2, -0.15) is 0 Å². The minimum atomic E-state index is -3.83. The summed E-state index contributed by atoms with van der Waals surface area (Å²) in [5, 5.41) is 9.21. The van der Waals surface area contributed by atoms with Crippen LogP contribution in [0.4, 0.5) is 5.69 Å². The molecule has 2 rings (SSSR count). The Bertz CT molecular complexity index is 707. The van der Waals surface area contributed by atoms with Crippen LogP contribution in [0.25, 0.3) is 0 Å². The fourth-order valence-electron chi connectivity index (χ4n) is 1.39. The van der Waals surface area contributed by atoms with Gasteiger partial charge in [0.05, 0.1) is 0 Å². The molecule has 3 N–H and O–H groups in total. The number of H-pyrrole nitrogens is 1. The van der Waals surface area contributed by atoms with Crippen LogP contribution in [-0.4, -0.2) is 24.5 Å². The molecule has 1 aromatic heterocycles. The van der Waals surface area contributed by atoms with Crippen LogP contribution in [0.3, 0.4) is 0 Å². The summed E-state index contributed by atoms with van der Waals surface area (Å²) in [7, 11) is -3.83. The number of aromatic amines is 1. The van der Waals surface area contributed by atoms with Crippen molar-refractivity contribution >= 4 is 33.3 Å². The van der Waals surface area contributed by atoms with Gasteiger partial charge >= 0.3 is 5.97 Å². The number of nitrogens with one attached hydrogen (secondary N) is 2.